The Balaban J connectivity index is 1.89. The van der Waals surface area contributed by atoms with Gasteiger partial charge in [-0.15, -0.1) is 11.3 Å². The molecule has 0 bridgehead atoms. The summed E-state index contributed by atoms with van der Waals surface area (Å²) in [6.07, 6.45) is 0. The highest BCUT2D eigenvalue weighted by atomic mass is 32.1. The summed E-state index contributed by atoms with van der Waals surface area (Å²) in [6, 6.07) is 15.6. The molecule has 0 amide bonds. The van der Waals surface area contributed by atoms with Gasteiger partial charge in [-0.05, 0) is 61.2 Å². The number of thiophene rings is 1. The van der Waals surface area contributed by atoms with Gasteiger partial charge in [0.2, 0.25) is 5.78 Å². The molecule has 0 saturated carbocycles. The molecule has 0 aliphatic carbocycles. The van der Waals surface area contributed by atoms with Crippen molar-refractivity contribution in [3.05, 3.63) is 69.9 Å². The molecule has 0 atom stereocenters. The van der Waals surface area contributed by atoms with Crippen LogP contribution < -0.4 is 0 Å². The van der Waals surface area contributed by atoms with E-state index in [0.29, 0.717) is 11.3 Å². The fraction of sp³-hybridized carbons (Fsp3) is 0.174. The second-order valence-corrected chi connectivity index (χ2v) is 7.72. The molecule has 0 aliphatic rings. The van der Waals surface area contributed by atoms with E-state index in [4.69, 9.17) is 4.84 Å². The third kappa shape index (κ3) is 3.47. The van der Waals surface area contributed by atoms with Gasteiger partial charge in [-0.1, -0.05) is 17.3 Å². The van der Waals surface area contributed by atoms with E-state index in [1.54, 1.807) is 6.92 Å². The Kier molecular flexibility index (Phi) is 5.03. The minimum atomic E-state index is -0.454. The van der Waals surface area contributed by atoms with E-state index in [-0.39, 0.29) is 5.78 Å². The van der Waals surface area contributed by atoms with Gasteiger partial charge in [-0.3, -0.25) is 4.79 Å². The number of aromatic nitrogens is 1. The summed E-state index contributed by atoms with van der Waals surface area (Å²) in [5, 5.41) is 7.86. The molecule has 2 aromatic heterocycles. The summed E-state index contributed by atoms with van der Waals surface area (Å²) in [7, 11) is 0. The zero-order valence-electron chi connectivity index (χ0n) is 16.4. The maximum Gasteiger partial charge on any atom is 0.331 e. The molecule has 2 aromatic carbocycles. The van der Waals surface area contributed by atoms with Crippen LogP contribution in [0.15, 0.2) is 59.1 Å². The van der Waals surface area contributed by atoms with Gasteiger partial charge in [-0.2, -0.15) is 0 Å². The Morgan fingerprint density at radius 1 is 1.00 bits per heavy atom. The largest absolute Gasteiger partial charge is 0.341 e. The summed E-state index contributed by atoms with van der Waals surface area (Å²) < 4.78 is 2.23. The van der Waals surface area contributed by atoms with Crippen LogP contribution in [0.1, 0.15) is 41.6 Å². The van der Waals surface area contributed by atoms with Crippen LogP contribution >= 0.6 is 11.3 Å². The summed E-state index contributed by atoms with van der Waals surface area (Å²) in [4.78, 5) is 29.4. The van der Waals surface area contributed by atoms with E-state index in [1.165, 1.54) is 18.3 Å². The van der Waals surface area contributed by atoms with Crippen molar-refractivity contribution in [3.63, 3.8) is 0 Å². The van der Waals surface area contributed by atoms with Crippen molar-refractivity contribution in [3.8, 4) is 0 Å². The number of carbonyl (C=O) groups is 2. The molecule has 0 radical (unpaired) electrons. The molecule has 6 heteroatoms. The van der Waals surface area contributed by atoms with E-state index in [9.17, 15) is 9.59 Å². The number of aryl methyl sites for hydroxylation is 1. The van der Waals surface area contributed by atoms with Crippen LogP contribution in [0, 0.1) is 0 Å². The van der Waals surface area contributed by atoms with E-state index in [2.05, 4.69) is 16.6 Å². The maximum atomic E-state index is 12.8. The SMILES string of the molecule is CCn1c2ccc(C(=O)c3cccs3)cc2c2cc(/C(C)=N\OC(C)=O)ccc21. The number of hydrogen-bond donors (Lipinski definition) is 0. The summed E-state index contributed by atoms with van der Waals surface area (Å²) in [5.41, 5.74) is 4.32. The first-order chi connectivity index (χ1) is 14.0. The average molecular weight is 404 g/mol. The molecule has 0 fully saturated rings. The third-order valence-electron chi connectivity index (χ3n) is 4.92. The molecule has 0 spiro atoms. The first kappa shape index (κ1) is 19.1. The van der Waals surface area contributed by atoms with E-state index in [1.807, 2.05) is 53.9 Å². The maximum absolute atomic E-state index is 12.8. The number of rotatable bonds is 5. The number of hydrogen-bond acceptors (Lipinski definition) is 5. The molecule has 5 nitrogen and oxygen atoms in total. The number of oxime groups is 1. The van der Waals surface area contributed by atoms with Crippen molar-refractivity contribution >= 4 is 50.6 Å². The van der Waals surface area contributed by atoms with Crippen molar-refractivity contribution in [1.82, 2.24) is 4.57 Å². The lowest BCUT2D eigenvalue weighted by atomic mass is 10.0. The standard InChI is InChI=1S/C23H20N2O3S/c1-4-25-20-9-7-16(14(2)24-28-15(3)26)12-18(20)19-13-17(8-10-21(19)25)23(27)22-6-5-11-29-22/h5-13H,4H2,1-3H3/b24-14-. The zero-order valence-corrected chi connectivity index (χ0v) is 17.2. The van der Waals surface area contributed by atoms with Crippen LogP contribution in [0.2, 0.25) is 0 Å². The Hall–Kier alpha value is -3.25. The molecule has 146 valence electrons. The van der Waals surface area contributed by atoms with Crippen molar-refractivity contribution < 1.29 is 14.4 Å². The van der Waals surface area contributed by atoms with Crippen LogP contribution in [-0.4, -0.2) is 22.0 Å². The van der Waals surface area contributed by atoms with Crippen molar-refractivity contribution in [2.24, 2.45) is 5.16 Å². The van der Waals surface area contributed by atoms with E-state index in [0.717, 1.165) is 38.8 Å². The van der Waals surface area contributed by atoms with Gasteiger partial charge in [-0.25, -0.2) is 4.79 Å². The van der Waals surface area contributed by atoms with Gasteiger partial charge in [0.25, 0.3) is 0 Å². The number of ketones is 1. The normalized spacial score (nSPS) is 11.9. The number of benzene rings is 2. The zero-order chi connectivity index (χ0) is 20.5. The smallest absolute Gasteiger partial charge is 0.331 e. The first-order valence-electron chi connectivity index (χ1n) is 9.36. The van der Waals surface area contributed by atoms with Crippen LogP contribution in [0.4, 0.5) is 0 Å². The molecule has 4 rings (SSSR count). The minimum Gasteiger partial charge on any atom is -0.341 e. The van der Waals surface area contributed by atoms with Crippen LogP contribution in [0.5, 0.6) is 0 Å². The van der Waals surface area contributed by atoms with Gasteiger partial charge >= 0.3 is 5.97 Å². The minimum absolute atomic E-state index is 0.0306. The molecule has 0 aliphatic heterocycles. The van der Waals surface area contributed by atoms with Gasteiger partial charge in [0, 0.05) is 40.8 Å². The topological polar surface area (TPSA) is 60.7 Å². The molecule has 0 unspecified atom stereocenters. The highest BCUT2D eigenvalue weighted by Crippen LogP contribution is 2.31. The Morgan fingerprint density at radius 2 is 1.66 bits per heavy atom. The van der Waals surface area contributed by atoms with Gasteiger partial charge < -0.3 is 9.40 Å². The molecule has 0 N–H and O–H groups in total. The summed E-state index contributed by atoms with van der Waals surface area (Å²) >= 11 is 1.45. The summed E-state index contributed by atoms with van der Waals surface area (Å²) in [5.74, 6) is -0.423. The average Bonchev–Trinajstić information content (AvgIpc) is 3.36. The predicted octanol–water partition coefficient (Wildman–Crippen LogP) is 5.39. The Labute approximate surface area is 172 Å². The van der Waals surface area contributed by atoms with Crippen LogP contribution in [-0.2, 0) is 16.2 Å². The van der Waals surface area contributed by atoms with Gasteiger partial charge in [0.1, 0.15) is 0 Å². The molecule has 29 heavy (non-hydrogen) atoms. The van der Waals surface area contributed by atoms with Gasteiger partial charge in [0.15, 0.2) is 0 Å². The highest BCUT2D eigenvalue weighted by molar-refractivity contribution is 7.12. The van der Waals surface area contributed by atoms with E-state index < -0.39 is 5.97 Å². The highest BCUT2D eigenvalue weighted by Gasteiger charge is 2.15. The fourth-order valence-electron chi connectivity index (χ4n) is 3.55. The number of fused-ring (bicyclic) bond motifs is 3. The number of carbonyl (C=O) groups excluding carboxylic acids is 2. The molecular formula is C23H20N2O3S. The Bertz CT molecular complexity index is 1270. The second-order valence-electron chi connectivity index (χ2n) is 6.77. The Morgan fingerprint density at radius 3 is 2.24 bits per heavy atom. The predicted molar refractivity (Wildman–Crippen MR) is 117 cm³/mol. The second kappa shape index (κ2) is 7.64. The van der Waals surface area contributed by atoms with Crippen molar-refractivity contribution in [2.45, 2.75) is 27.3 Å². The quantitative estimate of drug-likeness (QED) is 0.194. The van der Waals surface area contributed by atoms with Crippen molar-refractivity contribution in [2.75, 3.05) is 0 Å². The molecule has 0 saturated heterocycles. The lowest BCUT2D eigenvalue weighted by Crippen LogP contribution is -1.99. The van der Waals surface area contributed by atoms with Gasteiger partial charge in [0.05, 0.1) is 10.6 Å². The van der Waals surface area contributed by atoms with E-state index >= 15 is 0 Å². The third-order valence-corrected chi connectivity index (χ3v) is 5.79. The first-order valence-corrected chi connectivity index (χ1v) is 10.2. The van der Waals surface area contributed by atoms with Crippen molar-refractivity contribution in [1.29, 1.82) is 0 Å². The van der Waals surface area contributed by atoms with Crippen LogP contribution in [0.25, 0.3) is 21.8 Å². The monoisotopic (exact) mass is 404 g/mol. The van der Waals surface area contributed by atoms with Crippen LogP contribution in [0.3, 0.4) is 0 Å². The summed E-state index contributed by atoms with van der Waals surface area (Å²) in [6.45, 7) is 6.04. The molecule has 4 aromatic rings. The lowest BCUT2D eigenvalue weighted by Gasteiger charge is -2.04. The number of nitrogens with zero attached hydrogens (tertiary/aromatic N) is 2. The lowest BCUT2D eigenvalue weighted by molar-refractivity contribution is -0.140. The fourth-order valence-corrected chi connectivity index (χ4v) is 4.23. The molecular weight excluding hydrogens is 384 g/mol. The molecule has 2 heterocycles.